The van der Waals surface area contributed by atoms with Crippen molar-refractivity contribution < 1.29 is 17.9 Å². The van der Waals surface area contributed by atoms with Crippen LogP contribution in [0.4, 0.5) is 5.69 Å². The van der Waals surface area contributed by atoms with E-state index in [1.807, 2.05) is 6.92 Å². The Morgan fingerprint density at radius 3 is 2.38 bits per heavy atom. The lowest BCUT2D eigenvalue weighted by molar-refractivity contribution is 0.0943. The number of ether oxygens (including phenoxy) is 1. The van der Waals surface area contributed by atoms with E-state index in [2.05, 4.69) is 10.0 Å². The fourth-order valence-corrected chi connectivity index (χ4v) is 3.47. The van der Waals surface area contributed by atoms with Gasteiger partial charge in [0.2, 0.25) is 0 Å². The Bertz CT molecular complexity index is 881. The van der Waals surface area contributed by atoms with E-state index in [-0.39, 0.29) is 21.5 Å². The molecule has 26 heavy (non-hydrogen) atoms. The minimum Gasteiger partial charge on any atom is -0.494 e. The summed E-state index contributed by atoms with van der Waals surface area (Å²) in [6.45, 7) is 6.00. The molecule has 2 aromatic carbocycles. The van der Waals surface area contributed by atoms with Crippen LogP contribution in [0, 0.1) is 0 Å². The van der Waals surface area contributed by atoms with Crippen molar-refractivity contribution in [3.05, 3.63) is 53.1 Å². The van der Waals surface area contributed by atoms with Crippen LogP contribution in [0.3, 0.4) is 0 Å². The van der Waals surface area contributed by atoms with Gasteiger partial charge in [0.15, 0.2) is 0 Å². The third kappa shape index (κ3) is 5.12. The summed E-state index contributed by atoms with van der Waals surface area (Å²) in [7, 11) is -3.87. The predicted octanol–water partition coefficient (Wildman–Crippen LogP) is 3.68. The smallest absolute Gasteiger partial charge is 0.261 e. The number of rotatable bonds is 7. The second-order valence-electron chi connectivity index (χ2n) is 5.83. The summed E-state index contributed by atoms with van der Waals surface area (Å²) < 4.78 is 33.0. The number of hydrogen-bond acceptors (Lipinski definition) is 4. The van der Waals surface area contributed by atoms with Crippen LogP contribution in [0.15, 0.2) is 47.4 Å². The molecule has 140 valence electrons. The van der Waals surface area contributed by atoms with Gasteiger partial charge >= 0.3 is 0 Å². The van der Waals surface area contributed by atoms with Crippen LogP contribution < -0.4 is 14.8 Å². The van der Waals surface area contributed by atoms with Gasteiger partial charge in [-0.1, -0.05) is 11.6 Å². The molecule has 0 aliphatic heterocycles. The van der Waals surface area contributed by atoms with Gasteiger partial charge in [0.1, 0.15) is 5.75 Å². The van der Waals surface area contributed by atoms with Crippen LogP contribution >= 0.6 is 11.6 Å². The first-order valence-corrected chi connectivity index (χ1v) is 9.95. The zero-order chi connectivity index (χ0) is 19.3. The lowest BCUT2D eigenvalue weighted by Crippen LogP contribution is -2.30. The molecule has 2 aromatic rings. The van der Waals surface area contributed by atoms with Crippen LogP contribution in [-0.2, 0) is 10.0 Å². The van der Waals surface area contributed by atoms with E-state index >= 15 is 0 Å². The summed E-state index contributed by atoms with van der Waals surface area (Å²) in [5, 5.41) is 2.88. The van der Waals surface area contributed by atoms with Crippen molar-refractivity contribution >= 4 is 33.2 Å². The standard InChI is InChI=1S/C18H21ClN2O4S/c1-4-25-14-7-5-13(6-8-14)21-26(23,24)15-9-10-17(19)16(11-15)18(22)20-12(2)3/h5-12,21H,4H2,1-3H3,(H,20,22). The monoisotopic (exact) mass is 396 g/mol. The average Bonchev–Trinajstić information content (AvgIpc) is 2.56. The highest BCUT2D eigenvalue weighted by Crippen LogP contribution is 2.23. The van der Waals surface area contributed by atoms with Gasteiger partial charge in [-0.2, -0.15) is 0 Å². The molecule has 0 fully saturated rings. The van der Waals surface area contributed by atoms with Gasteiger partial charge in [0, 0.05) is 11.7 Å². The molecule has 2 rings (SSSR count). The quantitative estimate of drug-likeness (QED) is 0.747. The zero-order valence-corrected chi connectivity index (χ0v) is 16.3. The lowest BCUT2D eigenvalue weighted by atomic mass is 10.2. The summed E-state index contributed by atoms with van der Waals surface area (Å²) >= 11 is 6.04. The van der Waals surface area contributed by atoms with E-state index in [0.717, 1.165) is 0 Å². The van der Waals surface area contributed by atoms with Crippen LogP contribution in [0.5, 0.6) is 5.75 Å². The fourth-order valence-electron chi connectivity index (χ4n) is 2.19. The van der Waals surface area contributed by atoms with Gasteiger partial charge in [-0.15, -0.1) is 0 Å². The summed E-state index contributed by atoms with van der Waals surface area (Å²) in [4.78, 5) is 12.1. The topological polar surface area (TPSA) is 84.5 Å². The van der Waals surface area contributed by atoms with Crippen molar-refractivity contribution in [3.8, 4) is 5.75 Å². The average molecular weight is 397 g/mol. The molecule has 0 saturated heterocycles. The SMILES string of the molecule is CCOc1ccc(NS(=O)(=O)c2ccc(Cl)c(C(=O)NC(C)C)c2)cc1. The lowest BCUT2D eigenvalue weighted by Gasteiger charge is -2.12. The molecule has 0 saturated carbocycles. The molecule has 0 aromatic heterocycles. The maximum Gasteiger partial charge on any atom is 0.261 e. The number of amides is 1. The van der Waals surface area contributed by atoms with Crippen LogP contribution in [-0.4, -0.2) is 27.0 Å². The van der Waals surface area contributed by atoms with Crippen molar-refractivity contribution in [3.63, 3.8) is 0 Å². The van der Waals surface area contributed by atoms with E-state index < -0.39 is 15.9 Å². The summed E-state index contributed by atoms with van der Waals surface area (Å²) in [6.07, 6.45) is 0. The number of nitrogens with one attached hydrogen (secondary N) is 2. The minimum absolute atomic E-state index is 0.0512. The molecule has 0 unspecified atom stereocenters. The number of carbonyl (C=O) groups is 1. The van der Waals surface area contributed by atoms with E-state index in [4.69, 9.17) is 16.3 Å². The van der Waals surface area contributed by atoms with Gasteiger partial charge in [-0.3, -0.25) is 9.52 Å². The molecule has 8 heteroatoms. The Hall–Kier alpha value is -2.25. The van der Waals surface area contributed by atoms with Gasteiger partial charge in [-0.25, -0.2) is 8.42 Å². The summed E-state index contributed by atoms with van der Waals surface area (Å²) in [6, 6.07) is 10.5. The molecular formula is C18H21ClN2O4S. The summed E-state index contributed by atoms with van der Waals surface area (Å²) in [5.41, 5.74) is 0.492. The van der Waals surface area contributed by atoms with Gasteiger partial charge in [0.25, 0.3) is 15.9 Å². The molecule has 0 spiro atoms. The van der Waals surface area contributed by atoms with E-state index in [9.17, 15) is 13.2 Å². The largest absolute Gasteiger partial charge is 0.494 e. The first-order chi connectivity index (χ1) is 12.2. The molecule has 0 atom stereocenters. The molecule has 0 radical (unpaired) electrons. The molecular weight excluding hydrogens is 376 g/mol. The van der Waals surface area contributed by atoms with Gasteiger partial charge < -0.3 is 10.1 Å². The Labute approximate surface area is 158 Å². The van der Waals surface area contributed by atoms with E-state index in [0.29, 0.717) is 18.0 Å². The van der Waals surface area contributed by atoms with Crippen LogP contribution in [0.2, 0.25) is 5.02 Å². The van der Waals surface area contributed by atoms with E-state index in [1.54, 1.807) is 38.1 Å². The van der Waals surface area contributed by atoms with Crippen molar-refractivity contribution in [2.24, 2.45) is 0 Å². The summed E-state index contributed by atoms with van der Waals surface area (Å²) in [5.74, 6) is 0.220. The minimum atomic E-state index is -3.87. The number of carbonyl (C=O) groups excluding carboxylic acids is 1. The molecule has 0 aliphatic rings. The van der Waals surface area contributed by atoms with Crippen molar-refractivity contribution in [2.45, 2.75) is 31.7 Å². The maximum absolute atomic E-state index is 12.6. The Morgan fingerprint density at radius 2 is 1.81 bits per heavy atom. The first kappa shape index (κ1) is 20.1. The number of hydrogen-bond donors (Lipinski definition) is 2. The normalized spacial score (nSPS) is 11.3. The second kappa shape index (κ2) is 8.42. The van der Waals surface area contributed by atoms with Crippen molar-refractivity contribution in [1.82, 2.24) is 5.32 Å². The van der Waals surface area contributed by atoms with Crippen molar-refractivity contribution in [2.75, 3.05) is 11.3 Å². The molecule has 1 amide bonds. The predicted molar refractivity (Wildman–Crippen MR) is 102 cm³/mol. The molecule has 0 aliphatic carbocycles. The third-order valence-electron chi connectivity index (χ3n) is 3.33. The van der Waals surface area contributed by atoms with Crippen molar-refractivity contribution in [1.29, 1.82) is 0 Å². The van der Waals surface area contributed by atoms with E-state index in [1.165, 1.54) is 18.2 Å². The Kier molecular flexibility index (Phi) is 6.50. The first-order valence-electron chi connectivity index (χ1n) is 8.09. The Morgan fingerprint density at radius 1 is 1.15 bits per heavy atom. The highest BCUT2D eigenvalue weighted by molar-refractivity contribution is 7.92. The van der Waals surface area contributed by atoms with Gasteiger partial charge in [0.05, 0.1) is 22.1 Å². The van der Waals surface area contributed by atoms with Crippen LogP contribution in [0.1, 0.15) is 31.1 Å². The number of benzene rings is 2. The fraction of sp³-hybridized carbons (Fsp3) is 0.278. The highest BCUT2D eigenvalue weighted by Gasteiger charge is 2.19. The van der Waals surface area contributed by atoms with Crippen LogP contribution in [0.25, 0.3) is 0 Å². The third-order valence-corrected chi connectivity index (χ3v) is 5.04. The molecule has 0 heterocycles. The zero-order valence-electron chi connectivity index (χ0n) is 14.7. The molecule has 2 N–H and O–H groups in total. The number of sulfonamides is 1. The number of halogens is 1. The Balaban J connectivity index is 2.26. The number of anilines is 1. The molecule has 0 bridgehead atoms. The maximum atomic E-state index is 12.6. The second-order valence-corrected chi connectivity index (χ2v) is 7.92. The van der Waals surface area contributed by atoms with Gasteiger partial charge in [-0.05, 0) is 63.2 Å². The highest BCUT2D eigenvalue weighted by atomic mass is 35.5. The molecule has 6 nitrogen and oxygen atoms in total.